The fourth-order valence-corrected chi connectivity index (χ4v) is 0.682. The van der Waals surface area contributed by atoms with Gasteiger partial charge in [0.25, 0.3) is 0 Å². The van der Waals surface area contributed by atoms with Gasteiger partial charge in [0.15, 0.2) is 0 Å². The van der Waals surface area contributed by atoms with Crippen molar-refractivity contribution in [3.63, 3.8) is 0 Å². The van der Waals surface area contributed by atoms with Gasteiger partial charge >= 0.3 is 17.9 Å². The number of hydrogen-bond donors (Lipinski definition) is 0. The van der Waals surface area contributed by atoms with Gasteiger partial charge in [-0.15, -0.1) is 0 Å². The quantitative estimate of drug-likeness (QED) is 0.378. The maximum absolute atomic E-state index is 11.0. The Bertz CT molecular complexity index is 279. The van der Waals surface area contributed by atoms with Crippen molar-refractivity contribution in [2.75, 3.05) is 0 Å². The van der Waals surface area contributed by atoms with Gasteiger partial charge in [0.1, 0.15) is 6.10 Å². The monoisotopic (exact) mass is 200 g/mol. The van der Waals surface area contributed by atoms with Crippen LogP contribution >= 0.6 is 0 Å². The van der Waals surface area contributed by atoms with Crippen LogP contribution in [0.2, 0.25) is 0 Å². The maximum Gasteiger partial charge on any atom is 0.344 e. The SMILES string of the molecule is C=C(C(=O)OC(C)=O)C(C)OC(C)=O. The van der Waals surface area contributed by atoms with E-state index in [1.54, 1.807) is 0 Å². The van der Waals surface area contributed by atoms with Crippen molar-refractivity contribution < 1.29 is 23.9 Å². The number of hydrogen-bond acceptors (Lipinski definition) is 5. The summed E-state index contributed by atoms with van der Waals surface area (Å²) < 4.78 is 8.91. The number of carbonyl (C=O) groups is 3. The Morgan fingerprint density at radius 2 is 1.64 bits per heavy atom. The second-order valence-electron chi connectivity index (χ2n) is 2.66. The zero-order valence-corrected chi connectivity index (χ0v) is 8.33. The van der Waals surface area contributed by atoms with E-state index >= 15 is 0 Å². The minimum atomic E-state index is -0.883. The van der Waals surface area contributed by atoms with Gasteiger partial charge in [-0.1, -0.05) is 6.58 Å². The minimum Gasteiger partial charge on any atom is -0.458 e. The highest BCUT2D eigenvalue weighted by Crippen LogP contribution is 2.06. The van der Waals surface area contributed by atoms with Crippen molar-refractivity contribution in [2.45, 2.75) is 26.9 Å². The molecule has 0 rings (SSSR count). The van der Waals surface area contributed by atoms with Crippen LogP contribution in [0.25, 0.3) is 0 Å². The lowest BCUT2D eigenvalue weighted by Gasteiger charge is -2.12. The van der Waals surface area contributed by atoms with Gasteiger partial charge in [0.2, 0.25) is 0 Å². The summed E-state index contributed by atoms with van der Waals surface area (Å²) in [6.07, 6.45) is -0.792. The fourth-order valence-electron chi connectivity index (χ4n) is 0.682. The van der Waals surface area contributed by atoms with Gasteiger partial charge in [-0.2, -0.15) is 0 Å². The van der Waals surface area contributed by atoms with Crippen LogP contribution in [0.5, 0.6) is 0 Å². The molecule has 1 atom stereocenters. The van der Waals surface area contributed by atoms with E-state index in [0.29, 0.717) is 0 Å². The second-order valence-corrected chi connectivity index (χ2v) is 2.66. The molecule has 0 aromatic heterocycles. The predicted octanol–water partition coefficient (Wildman–Crippen LogP) is 0.584. The van der Waals surface area contributed by atoms with Gasteiger partial charge < -0.3 is 9.47 Å². The number of rotatable bonds is 3. The second kappa shape index (κ2) is 5.16. The number of carbonyl (C=O) groups excluding carboxylic acids is 3. The summed E-state index contributed by atoms with van der Waals surface area (Å²) in [6.45, 7) is 7.13. The van der Waals surface area contributed by atoms with Crippen LogP contribution in [0.4, 0.5) is 0 Å². The summed E-state index contributed by atoms with van der Waals surface area (Å²) in [5.41, 5.74) is -0.0737. The molecular formula is C9H12O5. The lowest BCUT2D eigenvalue weighted by Crippen LogP contribution is -2.22. The van der Waals surface area contributed by atoms with E-state index in [1.165, 1.54) is 13.8 Å². The van der Waals surface area contributed by atoms with E-state index in [1.807, 2.05) is 0 Å². The molecule has 0 aliphatic heterocycles. The van der Waals surface area contributed by atoms with Gasteiger partial charge in [0, 0.05) is 13.8 Å². The third-order valence-electron chi connectivity index (χ3n) is 1.33. The summed E-state index contributed by atoms with van der Waals surface area (Å²) in [5.74, 6) is -2.15. The van der Waals surface area contributed by atoms with Crippen molar-refractivity contribution in [2.24, 2.45) is 0 Å². The van der Waals surface area contributed by atoms with Gasteiger partial charge in [-0.25, -0.2) is 4.79 Å². The molecule has 0 N–H and O–H groups in total. The molecule has 0 saturated carbocycles. The minimum absolute atomic E-state index is 0.0737. The molecule has 0 aromatic rings. The summed E-state index contributed by atoms with van der Waals surface area (Å²) in [5, 5.41) is 0. The Kier molecular flexibility index (Phi) is 4.55. The van der Waals surface area contributed by atoms with Crippen LogP contribution in [0.15, 0.2) is 12.2 Å². The van der Waals surface area contributed by atoms with Gasteiger partial charge in [-0.3, -0.25) is 9.59 Å². The lowest BCUT2D eigenvalue weighted by molar-refractivity contribution is -0.156. The number of esters is 3. The Morgan fingerprint density at radius 3 is 2.00 bits per heavy atom. The van der Waals surface area contributed by atoms with Crippen LogP contribution in [0, 0.1) is 0 Å². The van der Waals surface area contributed by atoms with Crippen molar-refractivity contribution in [3.05, 3.63) is 12.2 Å². The molecule has 0 spiro atoms. The first-order valence-electron chi connectivity index (χ1n) is 3.93. The Balaban J connectivity index is 4.24. The molecule has 1 unspecified atom stereocenters. The van der Waals surface area contributed by atoms with E-state index in [9.17, 15) is 14.4 Å². The van der Waals surface area contributed by atoms with Crippen LogP contribution in [-0.4, -0.2) is 24.0 Å². The van der Waals surface area contributed by atoms with E-state index in [-0.39, 0.29) is 5.57 Å². The summed E-state index contributed by atoms with van der Waals surface area (Å²) in [4.78, 5) is 32.0. The molecule has 5 nitrogen and oxygen atoms in total. The average Bonchev–Trinajstić information content (AvgIpc) is 2.00. The molecule has 5 heteroatoms. The van der Waals surface area contributed by atoms with E-state index in [2.05, 4.69) is 16.1 Å². The molecule has 14 heavy (non-hydrogen) atoms. The van der Waals surface area contributed by atoms with Crippen LogP contribution in [0.1, 0.15) is 20.8 Å². The normalized spacial score (nSPS) is 11.4. The first-order valence-corrected chi connectivity index (χ1v) is 3.93. The highest BCUT2D eigenvalue weighted by Gasteiger charge is 2.19. The first kappa shape index (κ1) is 12.3. The average molecular weight is 200 g/mol. The smallest absolute Gasteiger partial charge is 0.344 e. The van der Waals surface area contributed by atoms with Gasteiger partial charge in [-0.05, 0) is 6.92 Å². The van der Waals surface area contributed by atoms with Crippen molar-refractivity contribution in [1.29, 1.82) is 0 Å². The maximum atomic E-state index is 11.0. The molecule has 0 saturated heterocycles. The van der Waals surface area contributed by atoms with E-state index < -0.39 is 24.0 Å². The molecule has 0 aliphatic rings. The number of ether oxygens (including phenoxy) is 2. The highest BCUT2D eigenvalue weighted by molar-refractivity contribution is 5.96. The summed E-state index contributed by atoms with van der Waals surface area (Å²) in [7, 11) is 0. The molecule has 0 bridgehead atoms. The van der Waals surface area contributed by atoms with E-state index in [0.717, 1.165) is 6.92 Å². The molecule has 78 valence electrons. The molecular weight excluding hydrogens is 188 g/mol. The molecule has 0 amide bonds. The Hall–Kier alpha value is -1.65. The highest BCUT2D eigenvalue weighted by atomic mass is 16.6. The Labute approximate surface area is 81.7 Å². The standard InChI is InChI=1S/C9H12O5/c1-5(6(2)13-7(3)10)9(12)14-8(4)11/h6H,1H2,2-4H3. The lowest BCUT2D eigenvalue weighted by atomic mass is 10.2. The van der Waals surface area contributed by atoms with Crippen LogP contribution < -0.4 is 0 Å². The molecule has 0 radical (unpaired) electrons. The third kappa shape index (κ3) is 4.39. The van der Waals surface area contributed by atoms with Crippen molar-refractivity contribution >= 4 is 17.9 Å². The topological polar surface area (TPSA) is 69.7 Å². The molecule has 0 aromatic carbocycles. The summed E-state index contributed by atoms with van der Waals surface area (Å²) in [6, 6.07) is 0. The largest absolute Gasteiger partial charge is 0.458 e. The fraction of sp³-hybridized carbons (Fsp3) is 0.444. The first-order chi connectivity index (χ1) is 6.34. The molecule has 0 heterocycles. The Morgan fingerprint density at radius 1 is 1.14 bits per heavy atom. The zero-order chi connectivity index (χ0) is 11.3. The van der Waals surface area contributed by atoms with E-state index in [4.69, 9.17) is 0 Å². The van der Waals surface area contributed by atoms with Gasteiger partial charge in [0.05, 0.1) is 5.57 Å². The third-order valence-corrected chi connectivity index (χ3v) is 1.33. The van der Waals surface area contributed by atoms with Crippen molar-refractivity contribution in [3.8, 4) is 0 Å². The predicted molar refractivity (Wildman–Crippen MR) is 47.1 cm³/mol. The summed E-state index contributed by atoms with van der Waals surface area (Å²) >= 11 is 0. The van der Waals surface area contributed by atoms with Crippen LogP contribution in [-0.2, 0) is 23.9 Å². The van der Waals surface area contributed by atoms with Crippen LogP contribution in [0.3, 0.4) is 0 Å². The molecule has 0 aliphatic carbocycles. The van der Waals surface area contributed by atoms with Crippen molar-refractivity contribution in [1.82, 2.24) is 0 Å². The molecule has 0 fully saturated rings. The zero-order valence-electron chi connectivity index (χ0n) is 8.33.